The number of benzene rings is 2. The van der Waals surface area contributed by atoms with Gasteiger partial charge in [0, 0.05) is 17.7 Å². The standard InChI is InChI=1S/C19H18N4O/c1-14(12-15-8-4-2-5-9-15)20-23-19(24)18-13-17(21-22-18)16-10-6-3-7-11-16/h2-11,13H,12H2,1H3,(H,21,22)(H,23,24)/b20-14+. The molecular formula is C19H18N4O. The lowest BCUT2D eigenvalue weighted by atomic mass is 10.1. The zero-order valence-corrected chi connectivity index (χ0v) is 13.4. The highest BCUT2D eigenvalue weighted by Crippen LogP contribution is 2.16. The Labute approximate surface area is 140 Å². The molecule has 0 aliphatic heterocycles. The van der Waals surface area contributed by atoms with Crippen molar-refractivity contribution in [1.29, 1.82) is 0 Å². The highest BCUT2D eigenvalue weighted by Gasteiger charge is 2.10. The minimum Gasteiger partial charge on any atom is -0.272 e. The lowest BCUT2D eigenvalue weighted by Gasteiger charge is -2.02. The molecule has 120 valence electrons. The van der Waals surface area contributed by atoms with Crippen LogP contribution in [0.15, 0.2) is 71.8 Å². The van der Waals surface area contributed by atoms with Crippen molar-refractivity contribution in [1.82, 2.24) is 15.6 Å². The van der Waals surface area contributed by atoms with Gasteiger partial charge in [0.15, 0.2) is 0 Å². The van der Waals surface area contributed by atoms with Crippen molar-refractivity contribution in [3.05, 3.63) is 78.0 Å². The molecule has 3 rings (SSSR count). The number of carbonyl (C=O) groups is 1. The molecule has 0 aliphatic rings. The fourth-order valence-corrected chi connectivity index (χ4v) is 2.33. The highest BCUT2D eigenvalue weighted by atomic mass is 16.2. The van der Waals surface area contributed by atoms with Gasteiger partial charge in [-0.05, 0) is 18.6 Å². The zero-order valence-electron chi connectivity index (χ0n) is 13.4. The Kier molecular flexibility index (Phi) is 4.81. The van der Waals surface area contributed by atoms with E-state index < -0.39 is 0 Å². The summed E-state index contributed by atoms with van der Waals surface area (Å²) in [6.07, 6.45) is 0.694. The molecule has 0 aliphatic carbocycles. The second kappa shape index (κ2) is 7.37. The van der Waals surface area contributed by atoms with E-state index >= 15 is 0 Å². The maximum atomic E-state index is 12.2. The molecule has 1 aromatic heterocycles. The summed E-state index contributed by atoms with van der Waals surface area (Å²) in [4.78, 5) is 12.2. The number of hydrazone groups is 1. The Morgan fingerprint density at radius 1 is 1.08 bits per heavy atom. The zero-order chi connectivity index (χ0) is 16.8. The minimum absolute atomic E-state index is 0.308. The van der Waals surface area contributed by atoms with Crippen LogP contribution in [0.3, 0.4) is 0 Å². The van der Waals surface area contributed by atoms with Crippen LogP contribution in [0.2, 0.25) is 0 Å². The van der Waals surface area contributed by atoms with E-state index in [-0.39, 0.29) is 5.91 Å². The molecule has 0 bridgehead atoms. The van der Waals surface area contributed by atoms with Crippen molar-refractivity contribution < 1.29 is 4.79 Å². The summed E-state index contributed by atoms with van der Waals surface area (Å²) in [5, 5.41) is 11.1. The summed E-state index contributed by atoms with van der Waals surface area (Å²) < 4.78 is 0. The van der Waals surface area contributed by atoms with Crippen LogP contribution in [0, 0.1) is 0 Å². The molecule has 24 heavy (non-hydrogen) atoms. The molecule has 0 fully saturated rings. The van der Waals surface area contributed by atoms with E-state index in [1.807, 2.05) is 67.6 Å². The van der Waals surface area contributed by atoms with Crippen molar-refractivity contribution in [3.63, 3.8) is 0 Å². The van der Waals surface area contributed by atoms with Gasteiger partial charge >= 0.3 is 0 Å². The maximum Gasteiger partial charge on any atom is 0.289 e. The van der Waals surface area contributed by atoms with Crippen LogP contribution in [-0.4, -0.2) is 21.8 Å². The van der Waals surface area contributed by atoms with Crippen molar-refractivity contribution in [2.24, 2.45) is 5.10 Å². The Morgan fingerprint density at radius 2 is 1.75 bits per heavy atom. The summed E-state index contributed by atoms with van der Waals surface area (Å²) in [6, 6.07) is 21.4. The third kappa shape index (κ3) is 3.95. The van der Waals surface area contributed by atoms with Crippen LogP contribution in [0.1, 0.15) is 23.0 Å². The molecule has 1 heterocycles. The molecule has 2 aromatic carbocycles. The van der Waals surface area contributed by atoms with Gasteiger partial charge in [-0.1, -0.05) is 60.7 Å². The van der Waals surface area contributed by atoms with Crippen molar-refractivity contribution in [2.45, 2.75) is 13.3 Å². The van der Waals surface area contributed by atoms with E-state index in [1.54, 1.807) is 6.07 Å². The molecule has 0 spiro atoms. The molecular weight excluding hydrogens is 300 g/mol. The summed E-state index contributed by atoms with van der Waals surface area (Å²) >= 11 is 0. The SMILES string of the molecule is C/C(Cc1ccccc1)=N\NC(=O)c1cc(-c2ccccc2)n[nH]1. The number of hydrogen-bond acceptors (Lipinski definition) is 3. The fourth-order valence-electron chi connectivity index (χ4n) is 2.33. The van der Waals surface area contributed by atoms with Crippen molar-refractivity contribution >= 4 is 11.6 Å². The van der Waals surface area contributed by atoms with Gasteiger partial charge in [0.05, 0.1) is 5.69 Å². The van der Waals surface area contributed by atoms with Gasteiger partial charge in [-0.15, -0.1) is 0 Å². The smallest absolute Gasteiger partial charge is 0.272 e. The number of amides is 1. The molecule has 0 radical (unpaired) electrons. The van der Waals surface area contributed by atoms with Crippen LogP contribution in [-0.2, 0) is 6.42 Å². The number of nitrogens with zero attached hydrogens (tertiary/aromatic N) is 2. The molecule has 1 amide bonds. The van der Waals surface area contributed by atoms with Gasteiger partial charge < -0.3 is 0 Å². The third-order valence-corrected chi connectivity index (χ3v) is 3.54. The minimum atomic E-state index is -0.308. The lowest BCUT2D eigenvalue weighted by Crippen LogP contribution is -2.20. The highest BCUT2D eigenvalue weighted by molar-refractivity contribution is 5.94. The third-order valence-electron chi connectivity index (χ3n) is 3.54. The van der Waals surface area contributed by atoms with Crippen molar-refractivity contribution in [3.8, 4) is 11.3 Å². The molecule has 3 aromatic rings. The van der Waals surface area contributed by atoms with Gasteiger partial charge in [-0.2, -0.15) is 10.2 Å². The number of aromatic amines is 1. The number of rotatable bonds is 5. The Bertz CT molecular complexity index is 838. The summed E-state index contributed by atoms with van der Waals surface area (Å²) in [5.41, 5.74) is 6.61. The van der Waals surface area contributed by atoms with Crippen LogP contribution >= 0.6 is 0 Å². The maximum absolute atomic E-state index is 12.2. The predicted octanol–water partition coefficient (Wildman–Crippen LogP) is 3.43. The number of H-pyrrole nitrogens is 1. The van der Waals surface area contributed by atoms with E-state index in [1.165, 1.54) is 0 Å². The number of carbonyl (C=O) groups excluding carboxylic acids is 1. The number of nitrogens with one attached hydrogen (secondary N) is 2. The van der Waals surface area contributed by atoms with Crippen LogP contribution < -0.4 is 5.43 Å². The largest absolute Gasteiger partial charge is 0.289 e. The van der Waals surface area contributed by atoms with Gasteiger partial charge in [-0.3, -0.25) is 9.89 Å². The predicted molar refractivity (Wildman–Crippen MR) is 94.7 cm³/mol. The van der Waals surface area contributed by atoms with E-state index in [0.29, 0.717) is 12.1 Å². The van der Waals surface area contributed by atoms with E-state index in [9.17, 15) is 4.79 Å². The molecule has 0 saturated carbocycles. The van der Waals surface area contributed by atoms with E-state index in [4.69, 9.17) is 0 Å². The molecule has 0 unspecified atom stereocenters. The first-order valence-corrected chi connectivity index (χ1v) is 7.70. The molecule has 2 N–H and O–H groups in total. The Morgan fingerprint density at radius 3 is 2.46 bits per heavy atom. The first-order chi connectivity index (χ1) is 11.7. The Balaban J connectivity index is 1.63. The van der Waals surface area contributed by atoms with Crippen LogP contribution in [0.25, 0.3) is 11.3 Å². The second-order valence-corrected chi connectivity index (χ2v) is 5.48. The molecule has 0 saturated heterocycles. The van der Waals surface area contributed by atoms with Crippen LogP contribution in [0.4, 0.5) is 0 Å². The topological polar surface area (TPSA) is 70.1 Å². The van der Waals surface area contributed by atoms with Crippen molar-refractivity contribution in [2.75, 3.05) is 0 Å². The van der Waals surface area contributed by atoms with Gasteiger partial charge in [0.2, 0.25) is 0 Å². The van der Waals surface area contributed by atoms with E-state index in [2.05, 4.69) is 20.7 Å². The lowest BCUT2D eigenvalue weighted by molar-refractivity contribution is 0.0949. The first-order valence-electron chi connectivity index (χ1n) is 7.70. The molecule has 5 nitrogen and oxygen atoms in total. The molecule has 0 atom stereocenters. The second-order valence-electron chi connectivity index (χ2n) is 5.48. The quantitative estimate of drug-likeness (QED) is 0.559. The summed E-state index contributed by atoms with van der Waals surface area (Å²) in [7, 11) is 0. The van der Waals surface area contributed by atoms with Gasteiger partial charge in [-0.25, -0.2) is 5.43 Å². The number of hydrogen-bond donors (Lipinski definition) is 2. The van der Waals surface area contributed by atoms with Gasteiger partial charge in [0.1, 0.15) is 5.69 Å². The van der Waals surface area contributed by atoms with E-state index in [0.717, 1.165) is 22.5 Å². The normalized spacial score (nSPS) is 11.3. The molecule has 5 heteroatoms. The van der Waals surface area contributed by atoms with Gasteiger partial charge in [0.25, 0.3) is 5.91 Å². The fraction of sp³-hybridized carbons (Fsp3) is 0.105. The van der Waals surface area contributed by atoms with Crippen LogP contribution in [0.5, 0.6) is 0 Å². The summed E-state index contributed by atoms with van der Waals surface area (Å²) in [5.74, 6) is -0.308. The number of aromatic nitrogens is 2. The summed E-state index contributed by atoms with van der Waals surface area (Å²) in [6.45, 7) is 1.88. The first kappa shape index (κ1) is 15.7. The average Bonchev–Trinajstić information content (AvgIpc) is 3.11. The monoisotopic (exact) mass is 318 g/mol. The Hall–Kier alpha value is -3.21. The average molecular weight is 318 g/mol.